The van der Waals surface area contributed by atoms with E-state index in [4.69, 9.17) is 19.4 Å². The highest BCUT2D eigenvalue weighted by atomic mass is 16.5. The van der Waals surface area contributed by atoms with E-state index in [0.29, 0.717) is 6.04 Å². The lowest BCUT2D eigenvalue weighted by molar-refractivity contribution is 0.353. The molecule has 3 heterocycles. The minimum absolute atomic E-state index is 0.588. The summed E-state index contributed by atoms with van der Waals surface area (Å²) in [6.45, 7) is 7.14. The zero-order valence-electron chi connectivity index (χ0n) is 18.1. The van der Waals surface area contributed by atoms with Crippen LogP contribution in [0.15, 0.2) is 18.2 Å². The average molecular weight is 397 g/mol. The molecule has 2 aliphatic heterocycles. The number of hydrogen-bond donors (Lipinski definition) is 0. The van der Waals surface area contributed by atoms with Crippen LogP contribution in [0.5, 0.6) is 11.5 Å². The molecule has 1 saturated heterocycles. The number of benzene rings is 1. The fourth-order valence-electron chi connectivity index (χ4n) is 4.65. The first-order valence-corrected chi connectivity index (χ1v) is 10.7. The van der Waals surface area contributed by atoms with Crippen molar-refractivity contribution in [3.05, 3.63) is 35.2 Å². The van der Waals surface area contributed by atoms with E-state index in [2.05, 4.69) is 34.9 Å². The highest BCUT2D eigenvalue weighted by Crippen LogP contribution is 2.35. The molecule has 0 aliphatic carbocycles. The second-order valence-corrected chi connectivity index (χ2v) is 8.03. The predicted molar refractivity (Wildman–Crippen MR) is 116 cm³/mol. The first-order valence-electron chi connectivity index (χ1n) is 10.7. The minimum atomic E-state index is 0.588. The quantitative estimate of drug-likeness (QED) is 0.757. The molecule has 4 rings (SSSR count). The van der Waals surface area contributed by atoms with Crippen molar-refractivity contribution in [2.75, 3.05) is 37.1 Å². The molecule has 156 valence electrons. The van der Waals surface area contributed by atoms with Crippen molar-refractivity contribution >= 4 is 11.6 Å². The summed E-state index contributed by atoms with van der Waals surface area (Å²) in [7, 11) is 3.38. The molecule has 0 spiro atoms. The van der Waals surface area contributed by atoms with Gasteiger partial charge in [0.2, 0.25) is 0 Å². The molecule has 2 aliphatic rings. The lowest BCUT2D eigenvalue weighted by atomic mass is 9.98. The van der Waals surface area contributed by atoms with Crippen molar-refractivity contribution in [1.82, 2.24) is 9.97 Å². The zero-order valence-corrected chi connectivity index (χ0v) is 18.1. The fourth-order valence-corrected chi connectivity index (χ4v) is 4.65. The fraction of sp³-hybridized carbons (Fsp3) is 0.565. The summed E-state index contributed by atoms with van der Waals surface area (Å²) in [5, 5.41) is 0. The molecule has 29 heavy (non-hydrogen) atoms. The molecule has 1 fully saturated rings. The number of piperidine rings is 1. The highest BCUT2D eigenvalue weighted by Gasteiger charge is 2.25. The van der Waals surface area contributed by atoms with Gasteiger partial charge in [0.05, 0.1) is 14.2 Å². The van der Waals surface area contributed by atoms with E-state index < -0.39 is 0 Å². The van der Waals surface area contributed by atoms with Gasteiger partial charge in [0.25, 0.3) is 0 Å². The minimum Gasteiger partial charge on any atom is -0.493 e. The van der Waals surface area contributed by atoms with Crippen LogP contribution in [0.1, 0.15) is 49.6 Å². The lowest BCUT2D eigenvalue weighted by Gasteiger charge is -2.37. The number of methoxy groups -OCH3 is 2. The van der Waals surface area contributed by atoms with Gasteiger partial charge in [-0.15, -0.1) is 0 Å². The molecule has 6 heteroatoms. The van der Waals surface area contributed by atoms with Gasteiger partial charge in [-0.1, -0.05) is 6.92 Å². The van der Waals surface area contributed by atoms with Crippen LogP contribution in [-0.2, 0) is 13.0 Å². The van der Waals surface area contributed by atoms with Crippen molar-refractivity contribution in [3.8, 4) is 11.5 Å². The lowest BCUT2D eigenvalue weighted by Crippen LogP contribution is -2.40. The zero-order chi connectivity index (χ0) is 20.4. The Kier molecular flexibility index (Phi) is 5.79. The van der Waals surface area contributed by atoms with Gasteiger partial charge in [-0.05, 0) is 62.3 Å². The number of nitrogens with zero attached hydrogens (tertiary/aromatic N) is 4. The van der Waals surface area contributed by atoms with E-state index >= 15 is 0 Å². The van der Waals surface area contributed by atoms with Crippen molar-refractivity contribution in [1.29, 1.82) is 0 Å². The van der Waals surface area contributed by atoms with Crippen LogP contribution in [0.3, 0.4) is 0 Å². The Morgan fingerprint density at radius 3 is 2.41 bits per heavy atom. The van der Waals surface area contributed by atoms with Crippen LogP contribution < -0.4 is 19.3 Å². The predicted octanol–water partition coefficient (Wildman–Crippen LogP) is 4.13. The summed E-state index contributed by atoms with van der Waals surface area (Å²) in [5.41, 5.74) is 2.60. The van der Waals surface area contributed by atoms with Gasteiger partial charge in [-0.25, -0.2) is 9.97 Å². The standard InChI is InChI=1S/C23H32N4O2/c1-5-19-8-6-7-10-27(19)23-14-22(24-16(2)25-23)26-11-9-17-12-20(28-3)21(29-4)13-18(17)15-26/h12-14,19H,5-11,15H2,1-4H3. The van der Waals surface area contributed by atoms with Crippen molar-refractivity contribution in [3.63, 3.8) is 0 Å². The number of anilines is 2. The van der Waals surface area contributed by atoms with Gasteiger partial charge >= 0.3 is 0 Å². The Morgan fingerprint density at radius 2 is 1.69 bits per heavy atom. The average Bonchev–Trinajstić information content (AvgIpc) is 2.77. The second kappa shape index (κ2) is 8.47. The molecule has 0 radical (unpaired) electrons. The van der Waals surface area contributed by atoms with Crippen LogP contribution in [0, 0.1) is 6.92 Å². The van der Waals surface area contributed by atoms with E-state index in [-0.39, 0.29) is 0 Å². The molecule has 1 aromatic carbocycles. The molecular weight excluding hydrogens is 364 g/mol. The molecule has 0 bridgehead atoms. The topological polar surface area (TPSA) is 50.7 Å². The molecule has 1 aromatic heterocycles. The smallest absolute Gasteiger partial charge is 0.161 e. The molecular formula is C23H32N4O2. The summed E-state index contributed by atoms with van der Waals surface area (Å²) in [4.78, 5) is 14.4. The van der Waals surface area contributed by atoms with Gasteiger partial charge in [0.1, 0.15) is 17.5 Å². The number of fused-ring (bicyclic) bond motifs is 1. The largest absolute Gasteiger partial charge is 0.493 e. The van der Waals surface area contributed by atoms with Crippen LogP contribution in [0.25, 0.3) is 0 Å². The highest BCUT2D eigenvalue weighted by molar-refractivity contribution is 5.55. The Labute approximate surface area is 173 Å². The Hall–Kier alpha value is -2.50. The SMILES string of the molecule is CCC1CCCCN1c1cc(N2CCc3cc(OC)c(OC)cc3C2)nc(C)n1. The third-order valence-electron chi connectivity index (χ3n) is 6.25. The van der Waals surface area contributed by atoms with Crippen LogP contribution in [0.4, 0.5) is 11.6 Å². The molecule has 0 N–H and O–H groups in total. The number of aromatic nitrogens is 2. The molecule has 2 aromatic rings. The number of ether oxygens (including phenoxy) is 2. The number of hydrogen-bond acceptors (Lipinski definition) is 6. The van der Waals surface area contributed by atoms with Gasteiger partial charge in [-0.2, -0.15) is 0 Å². The van der Waals surface area contributed by atoms with Crippen molar-refractivity contribution < 1.29 is 9.47 Å². The van der Waals surface area contributed by atoms with Crippen LogP contribution in [-0.4, -0.2) is 43.3 Å². The van der Waals surface area contributed by atoms with E-state index in [1.54, 1.807) is 14.2 Å². The molecule has 6 nitrogen and oxygen atoms in total. The van der Waals surface area contributed by atoms with Crippen molar-refractivity contribution in [2.24, 2.45) is 0 Å². The van der Waals surface area contributed by atoms with Gasteiger partial charge in [0, 0.05) is 31.7 Å². The maximum Gasteiger partial charge on any atom is 0.161 e. The Balaban J connectivity index is 1.62. The summed E-state index contributed by atoms with van der Waals surface area (Å²) in [6.07, 6.45) is 5.95. The molecule has 1 atom stereocenters. The number of rotatable bonds is 5. The van der Waals surface area contributed by atoms with Crippen LogP contribution >= 0.6 is 0 Å². The van der Waals surface area contributed by atoms with E-state index in [1.165, 1.54) is 30.4 Å². The van der Waals surface area contributed by atoms with Crippen LogP contribution in [0.2, 0.25) is 0 Å². The van der Waals surface area contributed by atoms with Gasteiger partial charge in [-0.3, -0.25) is 0 Å². The first-order chi connectivity index (χ1) is 14.1. The molecule has 1 unspecified atom stereocenters. The van der Waals surface area contributed by atoms with E-state index in [0.717, 1.165) is 61.4 Å². The first kappa shape index (κ1) is 19.8. The Bertz CT molecular complexity index is 870. The van der Waals surface area contributed by atoms with Gasteiger partial charge < -0.3 is 19.3 Å². The third-order valence-corrected chi connectivity index (χ3v) is 6.25. The second-order valence-electron chi connectivity index (χ2n) is 8.03. The summed E-state index contributed by atoms with van der Waals surface area (Å²) in [6, 6.07) is 6.99. The monoisotopic (exact) mass is 396 g/mol. The molecule has 0 saturated carbocycles. The maximum atomic E-state index is 5.51. The van der Waals surface area contributed by atoms with Gasteiger partial charge in [0.15, 0.2) is 11.5 Å². The summed E-state index contributed by atoms with van der Waals surface area (Å²) in [5.74, 6) is 4.53. The third kappa shape index (κ3) is 3.98. The van der Waals surface area contributed by atoms with E-state index in [1.807, 2.05) is 6.92 Å². The normalized spacial score (nSPS) is 19.1. The number of aryl methyl sites for hydroxylation is 1. The molecule has 0 amide bonds. The maximum absolute atomic E-state index is 5.51. The Morgan fingerprint density at radius 1 is 0.966 bits per heavy atom. The van der Waals surface area contributed by atoms with E-state index in [9.17, 15) is 0 Å². The van der Waals surface area contributed by atoms with Crippen molar-refractivity contribution in [2.45, 2.75) is 58.5 Å². The summed E-state index contributed by atoms with van der Waals surface area (Å²) >= 11 is 0. The summed E-state index contributed by atoms with van der Waals surface area (Å²) < 4.78 is 11.0.